The predicted octanol–water partition coefficient (Wildman–Crippen LogP) is 12.2. The number of unbranched alkanes of at least 4 members (excludes halogenated alkanes) is 23. The Balaban J connectivity index is 3.21. The number of ether oxygens (including phenoxy) is 1. The molecule has 0 rings (SSSR count). The summed E-state index contributed by atoms with van der Waals surface area (Å²) in [5.74, 6) is -0.0262. The molecule has 0 fully saturated rings. The third-order valence-electron chi connectivity index (χ3n) is 8.05. The van der Waals surface area contributed by atoms with Crippen LogP contribution in [0.3, 0.4) is 0 Å². The maximum absolute atomic E-state index is 11.9. The molecule has 0 unspecified atom stereocenters. The molecule has 0 atom stereocenters. The Morgan fingerprint density at radius 3 is 1.27 bits per heavy atom. The molecule has 3 nitrogen and oxygen atoms in total. The number of nitrogens with one attached hydrogen (secondary N) is 1. The van der Waals surface area contributed by atoms with Crippen molar-refractivity contribution in [2.24, 2.45) is 0 Å². The predicted molar refractivity (Wildman–Crippen MR) is 183 cm³/mol. The van der Waals surface area contributed by atoms with Crippen molar-refractivity contribution in [2.75, 3.05) is 19.7 Å². The largest absolute Gasteiger partial charge is 0.464 e. The van der Waals surface area contributed by atoms with Gasteiger partial charge >= 0.3 is 5.97 Å². The summed E-state index contributed by atoms with van der Waals surface area (Å²) >= 11 is 0. The van der Waals surface area contributed by atoms with Gasteiger partial charge in [0.05, 0.1) is 0 Å². The zero-order chi connectivity index (χ0) is 29.7. The van der Waals surface area contributed by atoms with Gasteiger partial charge in [-0.3, -0.25) is 4.79 Å². The quantitative estimate of drug-likeness (QED) is 0.0471. The Morgan fingerprint density at radius 2 is 0.829 bits per heavy atom. The molecule has 0 saturated heterocycles. The number of rotatable bonds is 34. The van der Waals surface area contributed by atoms with Gasteiger partial charge in [-0.2, -0.15) is 0 Å². The fraction of sp³-hybridized carbons (Fsp3) is 0.868. The summed E-state index contributed by atoms with van der Waals surface area (Å²) in [7, 11) is 0. The summed E-state index contributed by atoms with van der Waals surface area (Å²) in [5.41, 5.74) is 0. The van der Waals surface area contributed by atoms with Gasteiger partial charge in [-0.05, 0) is 70.8 Å². The van der Waals surface area contributed by atoms with E-state index in [1.807, 2.05) is 0 Å². The number of carbonyl (C=O) groups excluding carboxylic acids is 1. The van der Waals surface area contributed by atoms with Crippen molar-refractivity contribution in [3.05, 3.63) is 24.3 Å². The maximum Gasteiger partial charge on any atom is 0.305 e. The van der Waals surface area contributed by atoms with Crippen molar-refractivity contribution in [1.82, 2.24) is 5.32 Å². The summed E-state index contributed by atoms with van der Waals surface area (Å²) in [6.07, 6.45) is 45.6. The zero-order valence-electron chi connectivity index (χ0n) is 28.0. The van der Waals surface area contributed by atoms with E-state index in [0.29, 0.717) is 13.0 Å². The number of carbonyl (C=O) groups is 1. The van der Waals surface area contributed by atoms with E-state index in [0.717, 1.165) is 25.9 Å². The molecule has 0 radical (unpaired) electrons. The molecule has 242 valence electrons. The average molecular weight is 576 g/mol. The Kier molecular flexibility index (Phi) is 36.0. The van der Waals surface area contributed by atoms with Gasteiger partial charge in [-0.15, -0.1) is 0 Å². The van der Waals surface area contributed by atoms with Crippen LogP contribution in [0.5, 0.6) is 0 Å². The molecule has 0 aliphatic heterocycles. The first kappa shape index (κ1) is 39.9. The fourth-order valence-electron chi connectivity index (χ4n) is 5.27. The lowest BCUT2D eigenvalue weighted by Crippen LogP contribution is -2.22. The Bertz CT molecular complexity index is 556. The summed E-state index contributed by atoms with van der Waals surface area (Å²) in [5, 5.41) is 3.42. The molecule has 0 spiro atoms. The number of hydrogen-bond acceptors (Lipinski definition) is 3. The molecule has 41 heavy (non-hydrogen) atoms. The second kappa shape index (κ2) is 36.9. The normalized spacial score (nSPS) is 11.8. The van der Waals surface area contributed by atoms with Gasteiger partial charge < -0.3 is 10.1 Å². The molecule has 0 aromatic rings. The van der Waals surface area contributed by atoms with E-state index in [4.69, 9.17) is 4.74 Å². The fourth-order valence-corrected chi connectivity index (χ4v) is 5.27. The van der Waals surface area contributed by atoms with Crippen LogP contribution in [0.2, 0.25) is 0 Å². The lowest BCUT2D eigenvalue weighted by molar-refractivity contribution is -0.143. The van der Waals surface area contributed by atoms with E-state index in [2.05, 4.69) is 43.5 Å². The summed E-state index contributed by atoms with van der Waals surface area (Å²) < 4.78 is 5.38. The minimum atomic E-state index is -0.0262. The third kappa shape index (κ3) is 36.9. The first-order valence-corrected chi connectivity index (χ1v) is 18.5. The zero-order valence-corrected chi connectivity index (χ0v) is 28.0. The molecule has 0 aromatic carbocycles. The molecule has 0 aromatic heterocycles. The lowest BCUT2D eigenvalue weighted by atomic mass is 10.1. The van der Waals surface area contributed by atoms with Gasteiger partial charge in [-0.25, -0.2) is 0 Å². The van der Waals surface area contributed by atoms with Crippen molar-refractivity contribution >= 4 is 5.97 Å². The summed E-state index contributed by atoms with van der Waals surface area (Å²) in [6.45, 7) is 6.88. The lowest BCUT2D eigenvalue weighted by Gasteiger charge is -2.07. The molecule has 1 N–H and O–H groups in total. The number of hydrogen-bond donors (Lipinski definition) is 1. The van der Waals surface area contributed by atoms with E-state index >= 15 is 0 Å². The number of esters is 1. The molecule has 0 amide bonds. The van der Waals surface area contributed by atoms with Crippen LogP contribution in [0.4, 0.5) is 0 Å². The van der Waals surface area contributed by atoms with Crippen LogP contribution in [0.15, 0.2) is 24.3 Å². The van der Waals surface area contributed by atoms with E-state index < -0.39 is 0 Å². The maximum atomic E-state index is 11.9. The molecule has 3 heteroatoms. The van der Waals surface area contributed by atoms with Crippen LogP contribution in [-0.4, -0.2) is 25.7 Å². The van der Waals surface area contributed by atoms with Crippen LogP contribution in [0, 0.1) is 0 Å². The monoisotopic (exact) mass is 576 g/mol. The molecule has 0 heterocycles. The van der Waals surface area contributed by atoms with Crippen molar-refractivity contribution in [2.45, 2.75) is 194 Å². The van der Waals surface area contributed by atoms with Crippen molar-refractivity contribution in [1.29, 1.82) is 0 Å². The number of allylic oxidation sites excluding steroid dienone is 4. The Morgan fingerprint density at radius 1 is 0.463 bits per heavy atom. The van der Waals surface area contributed by atoms with E-state index in [1.165, 1.54) is 161 Å². The Hall–Kier alpha value is -1.09. The van der Waals surface area contributed by atoms with Crippen LogP contribution in [-0.2, 0) is 9.53 Å². The third-order valence-corrected chi connectivity index (χ3v) is 8.05. The second-order valence-corrected chi connectivity index (χ2v) is 12.2. The van der Waals surface area contributed by atoms with Gasteiger partial charge in [0, 0.05) is 13.0 Å². The van der Waals surface area contributed by atoms with Gasteiger partial charge in [0.2, 0.25) is 0 Å². The van der Waals surface area contributed by atoms with E-state index in [1.54, 1.807) is 0 Å². The van der Waals surface area contributed by atoms with Gasteiger partial charge in [0.25, 0.3) is 0 Å². The molecule has 0 saturated carbocycles. The molecule has 0 bridgehead atoms. The van der Waals surface area contributed by atoms with Crippen LogP contribution < -0.4 is 5.32 Å². The average Bonchev–Trinajstić information content (AvgIpc) is 2.98. The first-order valence-electron chi connectivity index (χ1n) is 18.5. The van der Waals surface area contributed by atoms with Gasteiger partial charge in [0.1, 0.15) is 6.61 Å². The van der Waals surface area contributed by atoms with Gasteiger partial charge in [-0.1, -0.05) is 147 Å². The molecule has 0 aliphatic rings. The van der Waals surface area contributed by atoms with Crippen LogP contribution >= 0.6 is 0 Å². The molecular weight excluding hydrogens is 502 g/mol. The van der Waals surface area contributed by atoms with Crippen LogP contribution in [0.25, 0.3) is 0 Å². The second-order valence-electron chi connectivity index (χ2n) is 12.2. The highest BCUT2D eigenvalue weighted by atomic mass is 16.5. The summed E-state index contributed by atoms with van der Waals surface area (Å²) in [6, 6.07) is 0. The van der Waals surface area contributed by atoms with Crippen LogP contribution in [0.1, 0.15) is 194 Å². The standard InChI is InChI=1S/C38H73NO2/c1-3-5-7-9-11-13-15-17-19-21-23-25-27-29-31-33-35-39-36-37-41-38(40)34-32-30-28-26-24-22-20-18-16-14-12-10-8-6-4-2/h17-20,39H,3-16,21-37H2,1-2H3/b19-17-,20-18-. The molecule has 0 aliphatic carbocycles. The first-order chi connectivity index (χ1) is 20.3. The van der Waals surface area contributed by atoms with Gasteiger partial charge in [0.15, 0.2) is 0 Å². The highest BCUT2D eigenvalue weighted by Gasteiger charge is 2.02. The Labute approximate surface area is 258 Å². The SMILES string of the molecule is CCCCCCCC/C=C\CCCCCCCCNCCOC(=O)CCCCCCC/C=C\CCCCCCCC. The van der Waals surface area contributed by atoms with E-state index in [-0.39, 0.29) is 5.97 Å². The highest BCUT2D eigenvalue weighted by Crippen LogP contribution is 2.11. The molecular formula is C38H73NO2. The topological polar surface area (TPSA) is 38.3 Å². The van der Waals surface area contributed by atoms with Crippen molar-refractivity contribution < 1.29 is 9.53 Å². The smallest absolute Gasteiger partial charge is 0.305 e. The van der Waals surface area contributed by atoms with E-state index in [9.17, 15) is 4.79 Å². The van der Waals surface area contributed by atoms with Crippen molar-refractivity contribution in [3.63, 3.8) is 0 Å². The highest BCUT2D eigenvalue weighted by molar-refractivity contribution is 5.69. The summed E-state index contributed by atoms with van der Waals surface area (Å²) in [4.78, 5) is 11.9. The van der Waals surface area contributed by atoms with Crippen molar-refractivity contribution in [3.8, 4) is 0 Å². The minimum Gasteiger partial charge on any atom is -0.464 e. The minimum absolute atomic E-state index is 0.0262.